The first kappa shape index (κ1) is 9.55. The summed E-state index contributed by atoms with van der Waals surface area (Å²) in [5, 5.41) is 17.2. The number of aldehydes is 1. The Balaban J connectivity index is 3.40. The number of carbonyl (C=O) groups is 1. The maximum absolute atomic E-state index is 9.75. The third kappa shape index (κ3) is 3.55. The minimum Gasteiger partial charge on any atom is -0.394 e. The van der Waals surface area contributed by atoms with E-state index in [1.165, 1.54) is 0 Å². The van der Waals surface area contributed by atoms with Gasteiger partial charge in [0.15, 0.2) is 0 Å². The number of aliphatic hydroxyl groups excluding tert-OH is 2. The Hall–Kier alpha value is -0.450. The fourth-order valence-electron chi connectivity index (χ4n) is 0.451. The normalized spacial score (nSPS) is 16.3. The minimum absolute atomic E-state index is 0.0434. The fourth-order valence-corrected chi connectivity index (χ4v) is 0.451. The van der Waals surface area contributed by atoms with Crippen LogP contribution in [-0.2, 0) is 9.53 Å². The van der Waals surface area contributed by atoms with Crippen molar-refractivity contribution in [2.24, 2.45) is 0 Å². The molecule has 60 valence electrons. The topological polar surface area (TPSA) is 66.8 Å². The highest BCUT2D eigenvalue weighted by atomic mass is 16.5. The zero-order chi connectivity index (χ0) is 7.98. The summed E-state index contributed by atoms with van der Waals surface area (Å²) in [7, 11) is 0. The summed E-state index contributed by atoms with van der Waals surface area (Å²) in [6.07, 6.45) is -0.796. The monoisotopic (exact) mass is 148 g/mol. The molecule has 0 bridgehead atoms. The van der Waals surface area contributed by atoms with Crippen LogP contribution in [0.1, 0.15) is 6.92 Å². The summed E-state index contributed by atoms with van der Waals surface area (Å²) >= 11 is 0. The van der Waals surface area contributed by atoms with Crippen LogP contribution in [0.25, 0.3) is 0 Å². The summed E-state index contributed by atoms with van der Waals surface area (Å²) in [6.45, 7) is 1.20. The van der Waals surface area contributed by atoms with Gasteiger partial charge in [0.25, 0.3) is 0 Å². The lowest BCUT2D eigenvalue weighted by Crippen LogP contribution is -2.29. The quantitative estimate of drug-likeness (QED) is 0.488. The van der Waals surface area contributed by atoms with Crippen molar-refractivity contribution in [1.82, 2.24) is 0 Å². The number of hydrogen-bond donors (Lipinski definition) is 2. The van der Waals surface area contributed by atoms with Gasteiger partial charge in [0.05, 0.1) is 12.7 Å². The first-order chi connectivity index (χ1) is 4.72. The standard InChI is InChI=1S/C6H12O4/c1-5(6(9)4-8)10-3-2-7/h2,5-6,8-9H,3-4H2,1H3. The molecule has 0 aromatic carbocycles. The Kier molecular flexibility index (Phi) is 5.10. The van der Waals surface area contributed by atoms with E-state index in [9.17, 15) is 4.79 Å². The summed E-state index contributed by atoms with van der Waals surface area (Å²) in [4.78, 5) is 9.75. The zero-order valence-corrected chi connectivity index (χ0v) is 5.86. The second-order valence-corrected chi connectivity index (χ2v) is 1.96. The van der Waals surface area contributed by atoms with E-state index in [-0.39, 0.29) is 13.2 Å². The molecule has 0 saturated heterocycles. The highest BCUT2D eigenvalue weighted by molar-refractivity contribution is 5.50. The average Bonchev–Trinajstić information content (AvgIpc) is 1.98. The van der Waals surface area contributed by atoms with E-state index >= 15 is 0 Å². The van der Waals surface area contributed by atoms with Crippen LogP contribution in [0.5, 0.6) is 0 Å². The van der Waals surface area contributed by atoms with Crippen LogP contribution in [0.15, 0.2) is 0 Å². The molecule has 0 rings (SSSR count). The third-order valence-electron chi connectivity index (χ3n) is 1.16. The molecule has 0 aromatic heterocycles. The van der Waals surface area contributed by atoms with Gasteiger partial charge < -0.3 is 19.7 Å². The second kappa shape index (κ2) is 5.34. The van der Waals surface area contributed by atoms with Crippen molar-refractivity contribution in [2.45, 2.75) is 19.1 Å². The van der Waals surface area contributed by atoms with E-state index in [4.69, 9.17) is 14.9 Å². The molecule has 0 aromatic rings. The first-order valence-corrected chi connectivity index (χ1v) is 3.06. The Labute approximate surface area is 59.4 Å². The molecular formula is C6H12O4. The largest absolute Gasteiger partial charge is 0.394 e. The molecule has 0 spiro atoms. The Morgan fingerprint density at radius 3 is 2.70 bits per heavy atom. The molecule has 4 nitrogen and oxygen atoms in total. The lowest BCUT2D eigenvalue weighted by Gasteiger charge is -2.15. The van der Waals surface area contributed by atoms with Gasteiger partial charge >= 0.3 is 0 Å². The van der Waals surface area contributed by atoms with E-state index < -0.39 is 12.2 Å². The van der Waals surface area contributed by atoms with Crippen LogP contribution in [0.4, 0.5) is 0 Å². The zero-order valence-electron chi connectivity index (χ0n) is 5.86. The predicted octanol–water partition coefficient (Wildman–Crippen LogP) is -1.06. The first-order valence-electron chi connectivity index (χ1n) is 3.06. The van der Waals surface area contributed by atoms with Gasteiger partial charge in [-0.2, -0.15) is 0 Å². The molecule has 2 unspecified atom stereocenters. The van der Waals surface area contributed by atoms with Gasteiger partial charge in [-0.05, 0) is 6.92 Å². The lowest BCUT2D eigenvalue weighted by atomic mass is 10.2. The molecular weight excluding hydrogens is 136 g/mol. The van der Waals surface area contributed by atoms with Crippen LogP contribution in [0.2, 0.25) is 0 Å². The van der Waals surface area contributed by atoms with Crippen LogP contribution in [0, 0.1) is 0 Å². The van der Waals surface area contributed by atoms with E-state index in [2.05, 4.69) is 0 Å². The van der Waals surface area contributed by atoms with E-state index in [1.807, 2.05) is 0 Å². The van der Waals surface area contributed by atoms with Crippen molar-refractivity contribution in [1.29, 1.82) is 0 Å². The fraction of sp³-hybridized carbons (Fsp3) is 0.833. The third-order valence-corrected chi connectivity index (χ3v) is 1.16. The van der Waals surface area contributed by atoms with Crippen molar-refractivity contribution < 1.29 is 19.7 Å². The number of ether oxygens (including phenoxy) is 1. The molecule has 0 fully saturated rings. The van der Waals surface area contributed by atoms with Crippen LogP contribution in [0.3, 0.4) is 0 Å². The Bertz CT molecular complexity index is 93.7. The molecule has 0 aliphatic heterocycles. The molecule has 0 heterocycles. The predicted molar refractivity (Wildman–Crippen MR) is 34.6 cm³/mol. The van der Waals surface area contributed by atoms with Crippen LogP contribution >= 0.6 is 0 Å². The van der Waals surface area contributed by atoms with Crippen LogP contribution in [-0.4, -0.2) is 41.9 Å². The average molecular weight is 148 g/mol. The van der Waals surface area contributed by atoms with Gasteiger partial charge in [-0.25, -0.2) is 0 Å². The van der Waals surface area contributed by atoms with Gasteiger partial charge in [-0.3, -0.25) is 0 Å². The summed E-state index contributed by atoms with van der Waals surface area (Å²) < 4.78 is 4.77. The number of aliphatic hydroxyl groups is 2. The summed E-state index contributed by atoms with van der Waals surface area (Å²) in [5.41, 5.74) is 0. The molecule has 4 heteroatoms. The molecule has 0 aliphatic rings. The summed E-state index contributed by atoms with van der Waals surface area (Å²) in [6, 6.07) is 0. The van der Waals surface area contributed by atoms with Crippen molar-refractivity contribution in [3.8, 4) is 0 Å². The Morgan fingerprint density at radius 1 is 1.70 bits per heavy atom. The van der Waals surface area contributed by atoms with E-state index in [0.29, 0.717) is 6.29 Å². The second-order valence-electron chi connectivity index (χ2n) is 1.96. The summed E-state index contributed by atoms with van der Waals surface area (Å²) in [5.74, 6) is 0. The van der Waals surface area contributed by atoms with Gasteiger partial charge in [-0.15, -0.1) is 0 Å². The van der Waals surface area contributed by atoms with E-state index in [1.54, 1.807) is 6.92 Å². The van der Waals surface area contributed by atoms with Crippen molar-refractivity contribution in [2.75, 3.05) is 13.2 Å². The highest BCUT2D eigenvalue weighted by Gasteiger charge is 2.12. The molecule has 0 amide bonds. The van der Waals surface area contributed by atoms with Crippen LogP contribution < -0.4 is 0 Å². The molecule has 0 radical (unpaired) electrons. The van der Waals surface area contributed by atoms with Gasteiger partial charge in [0.2, 0.25) is 0 Å². The van der Waals surface area contributed by atoms with Crippen molar-refractivity contribution in [3.63, 3.8) is 0 Å². The van der Waals surface area contributed by atoms with Crippen molar-refractivity contribution in [3.05, 3.63) is 0 Å². The molecule has 2 N–H and O–H groups in total. The van der Waals surface area contributed by atoms with Gasteiger partial charge in [0.1, 0.15) is 19.0 Å². The highest BCUT2D eigenvalue weighted by Crippen LogP contribution is 1.95. The number of hydrogen-bond acceptors (Lipinski definition) is 4. The smallest absolute Gasteiger partial charge is 0.145 e. The maximum atomic E-state index is 9.75. The Morgan fingerprint density at radius 2 is 2.30 bits per heavy atom. The van der Waals surface area contributed by atoms with Crippen molar-refractivity contribution >= 4 is 6.29 Å². The van der Waals surface area contributed by atoms with Gasteiger partial charge in [-0.1, -0.05) is 0 Å². The molecule has 2 atom stereocenters. The molecule has 0 aliphatic carbocycles. The van der Waals surface area contributed by atoms with E-state index in [0.717, 1.165) is 0 Å². The SMILES string of the molecule is CC(OCC=O)C(O)CO. The maximum Gasteiger partial charge on any atom is 0.145 e. The number of carbonyl (C=O) groups excluding carboxylic acids is 1. The number of rotatable bonds is 5. The lowest BCUT2D eigenvalue weighted by molar-refractivity contribution is -0.117. The molecule has 0 saturated carbocycles. The molecule has 10 heavy (non-hydrogen) atoms. The minimum atomic E-state index is -0.903. The van der Waals surface area contributed by atoms with Gasteiger partial charge in [0, 0.05) is 0 Å².